The Morgan fingerprint density at radius 2 is 2.04 bits per heavy atom. The average molecular weight is 347 g/mol. The van der Waals surface area contributed by atoms with Crippen LogP contribution in [0.4, 0.5) is 13.2 Å². The summed E-state index contributed by atoms with van der Waals surface area (Å²) in [7, 11) is -3.09. The van der Waals surface area contributed by atoms with E-state index in [1.54, 1.807) is 12.1 Å². The number of ether oxygens (including phenoxy) is 1. The Bertz CT molecular complexity index is 710. The first-order chi connectivity index (χ1) is 10.8. The van der Waals surface area contributed by atoms with Crippen LogP contribution >= 0.6 is 0 Å². The minimum Gasteiger partial charge on any atom is -0.468 e. The second-order valence-corrected chi connectivity index (χ2v) is 8.32. The summed E-state index contributed by atoms with van der Waals surface area (Å²) in [4.78, 5) is 3.87. The van der Waals surface area contributed by atoms with E-state index in [0.717, 1.165) is 17.6 Å². The third-order valence-corrected chi connectivity index (χ3v) is 6.77. The van der Waals surface area contributed by atoms with Crippen LogP contribution in [0.5, 0.6) is 5.88 Å². The highest BCUT2D eigenvalue weighted by Crippen LogP contribution is 2.39. The van der Waals surface area contributed by atoms with Crippen LogP contribution in [0.25, 0.3) is 5.57 Å². The van der Waals surface area contributed by atoms with Crippen LogP contribution < -0.4 is 4.74 Å². The fourth-order valence-corrected chi connectivity index (χ4v) is 5.33. The highest BCUT2D eigenvalue weighted by molar-refractivity contribution is 7.93. The number of sulfone groups is 1. The predicted molar refractivity (Wildman–Crippen MR) is 78.7 cm³/mol. The first kappa shape index (κ1) is 16.3. The van der Waals surface area contributed by atoms with E-state index in [0.29, 0.717) is 19.3 Å². The van der Waals surface area contributed by atoms with Crippen LogP contribution in [0.15, 0.2) is 24.4 Å². The average Bonchev–Trinajstić information content (AvgIpc) is 2.44. The second-order valence-electron chi connectivity index (χ2n) is 5.87. The Kier molecular flexibility index (Phi) is 4.12. The first-order valence-corrected chi connectivity index (χ1v) is 8.96. The number of aromatic nitrogens is 1. The van der Waals surface area contributed by atoms with Gasteiger partial charge >= 0.3 is 6.18 Å². The lowest BCUT2D eigenvalue weighted by Crippen LogP contribution is -2.38. The number of hydrogen-bond acceptors (Lipinski definition) is 4. The lowest BCUT2D eigenvalue weighted by atomic mass is 9.94. The number of fused-ring (bicyclic) bond motifs is 2. The van der Waals surface area contributed by atoms with Gasteiger partial charge in [-0.15, -0.1) is 0 Å². The summed E-state index contributed by atoms with van der Waals surface area (Å²) in [6, 6.07) is 3.00. The van der Waals surface area contributed by atoms with Crippen molar-refractivity contribution >= 4 is 15.4 Å². The van der Waals surface area contributed by atoms with Gasteiger partial charge in [-0.3, -0.25) is 0 Å². The quantitative estimate of drug-likeness (QED) is 0.843. The highest BCUT2D eigenvalue weighted by atomic mass is 32.2. The SMILES string of the molecule is O=S1(=O)C2C=C(c3ccc(OCC(F)(F)F)nc3)CC1CCC2. The standard InChI is InChI=1S/C15H16F3NO3S/c16-15(17,18)9-22-14-5-4-10(8-19-14)11-6-12-2-1-3-13(7-11)23(12,20)21/h4-6,8,12-13H,1-3,7,9H2. The molecule has 0 saturated carbocycles. The molecule has 1 aromatic heterocycles. The molecule has 0 aliphatic carbocycles. The number of hydrogen-bond donors (Lipinski definition) is 0. The van der Waals surface area contributed by atoms with Crippen molar-refractivity contribution in [3.63, 3.8) is 0 Å². The largest absolute Gasteiger partial charge is 0.468 e. The zero-order valence-corrected chi connectivity index (χ0v) is 13.0. The molecule has 1 fully saturated rings. The van der Waals surface area contributed by atoms with Gasteiger partial charge in [0.15, 0.2) is 16.4 Å². The summed E-state index contributed by atoms with van der Waals surface area (Å²) in [6.45, 7) is -1.38. The van der Waals surface area contributed by atoms with E-state index in [1.807, 2.05) is 0 Å². The van der Waals surface area contributed by atoms with Crippen molar-refractivity contribution < 1.29 is 26.3 Å². The van der Waals surface area contributed by atoms with Crippen molar-refractivity contribution in [3.8, 4) is 5.88 Å². The molecule has 23 heavy (non-hydrogen) atoms. The van der Waals surface area contributed by atoms with Gasteiger partial charge in [0.05, 0.1) is 10.5 Å². The Hall–Kier alpha value is -1.57. The molecule has 0 radical (unpaired) electrons. The smallest absolute Gasteiger partial charge is 0.422 e. The maximum atomic E-state index is 12.2. The number of halogens is 3. The van der Waals surface area contributed by atoms with Gasteiger partial charge in [0.2, 0.25) is 5.88 Å². The van der Waals surface area contributed by atoms with E-state index in [9.17, 15) is 21.6 Å². The first-order valence-electron chi connectivity index (χ1n) is 7.35. The summed E-state index contributed by atoms with van der Waals surface area (Å²) in [5, 5.41) is -0.812. The predicted octanol–water partition coefficient (Wildman–Crippen LogP) is 3.15. The number of nitrogens with zero attached hydrogens (tertiary/aromatic N) is 1. The molecule has 2 aliphatic rings. The van der Waals surface area contributed by atoms with E-state index in [-0.39, 0.29) is 11.1 Å². The van der Waals surface area contributed by atoms with Crippen LogP contribution in [0.3, 0.4) is 0 Å². The van der Waals surface area contributed by atoms with Crippen molar-refractivity contribution in [3.05, 3.63) is 30.0 Å². The molecule has 8 heteroatoms. The number of alkyl halides is 3. The molecule has 1 saturated heterocycles. The summed E-state index contributed by atoms with van der Waals surface area (Å²) in [5.74, 6) is -0.102. The maximum Gasteiger partial charge on any atom is 0.422 e. The molecule has 0 amide bonds. The molecule has 0 spiro atoms. The van der Waals surface area contributed by atoms with Gasteiger partial charge in [-0.05, 0) is 36.5 Å². The second kappa shape index (κ2) is 5.81. The number of allylic oxidation sites excluding steroid dienone is 1. The van der Waals surface area contributed by atoms with E-state index in [4.69, 9.17) is 0 Å². The van der Waals surface area contributed by atoms with Crippen LogP contribution in [-0.4, -0.2) is 36.7 Å². The van der Waals surface area contributed by atoms with E-state index < -0.39 is 27.9 Å². The number of rotatable bonds is 3. The van der Waals surface area contributed by atoms with Crippen LogP contribution in [0.2, 0.25) is 0 Å². The van der Waals surface area contributed by atoms with Gasteiger partial charge < -0.3 is 4.74 Å². The van der Waals surface area contributed by atoms with Crippen molar-refractivity contribution in [2.45, 2.75) is 42.4 Å². The Labute approximate surface area is 132 Å². The molecular formula is C15H16F3NO3S. The Balaban J connectivity index is 1.77. The van der Waals surface area contributed by atoms with Crippen molar-refractivity contribution in [2.24, 2.45) is 0 Å². The van der Waals surface area contributed by atoms with Crippen molar-refractivity contribution in [2.75, 3.05) is 6.61 Å². The fraction of sp³-hybridized carbons (Fsp3) is 0.533. The molecule has 2 unspecified atom stereocenters. The van der Waals surface area contributed by atoms with Gasteiger partial charge in [0.1, 0.15) is 0 Å². The van der Waals surface area contributed by atoms with Gasteiger partial charge in [0, 0.05) is 12.3 Å². The third kappa shape index (κ3) is 3.52. The molecule has 0 aromatic carbocycles. The van der Waals surface area contributed by atoms with E-state index in [2.05, 4.69) is 9.72 Å². The molecule has 126 valence electrons. The van der Waals surface area contributed by atoms with Gasteiger partial charge in [-0.1, -0.05) is 12.5 Å². The minimum atomic E-state index is -4.40. The third-order valence-electron chi connectivity index (χ3n) is 4.23. The van der Waals surface area contributed by atoms with E-state index in [1.165, 1.54) is 12.3 Å². The molecule has 4 nitrogen and oxygen atoms in total. The summed E-state index contributed by atoms with van der Waals surface area (Å²) in [6.07, 6.45) is 1.42. The van der Waals surface area contributed by atoms with Gasteiger partial charge in [0.25, 0.3) is 0 Å². The van der Waals surface area contributed by atoms with Crippen LogP contribution in [0.1, 0.15) is 31.2 Å². The minimum absolute atomic E-state index is 0.102. The highest BCUT2D eigenvalue weighted by Gasteiger charge is 2.40. The zero-order valence-electron chi connectivity index (χ0n) is 12.2. The van der Waals surface area contributed by atoms with Crippen molar-refractivity contribution in [1.29, 1.82) is 0 Å². The van der Waals surface area contributed by atoms with Crippen LogP contribution in [-0.2, 0) is 9.84 Å². The summed E-state index contributed by atoms with van der Waals surface area (Å²) >= 11 is 0. The monoisotopic (exact) mass is 347 g/mol. The van der Waals surface area contributed by atoms with Crippen molar-refractivity contribution in [1.82, 2.24) is 4.98 Å². The van der Waals surface area contributed by atoms with Crippen LogP contribution in [0, 0.1) is 0 Å². The normalized spacial score (nSPS) is 26.5. The zero-order chi connectivity index (χ0) is 16.7. The summed E-state index contributed by atoms with van der Waals surface area (Å²) < 4.78 is 65.3. The number of pyridine rings is 1. The molecular weight excluding hydrogens is 331 g/mol. The molecule has 1 aromatic rings. The summed E-state index contributed by atoms with van der Waals surface area (Å²) in [5.41, 5.74) is 1.63. The van der Waals surface area contributed by atoms with E-state index >= 15 is 0 Å². The molecule has 3 heterocycles. The Morgan fingerprint density at radius 3 is 2.65 bits per heavy atom. The Morgan fingerprint density at radius 1 is 1.26 bits per heavy atom. The lowest BCUT2D eigenvalue weighted by Gasteiger charge is -2.33. The molecule has 0 N–H and O–H groups in total. The van der Waals surface area contributed by atoms with Gasteiger partial charge in [-0.2, -0.15) is 13.2 Å². The molecule has 2 atom stereocenters. The van der Waals surface area contributed by atoms with Gasteiger partial charge in [-0.25, -0.2) is 13.4 Å². The molecule has 2 aliphatic heterocycles. The lowest BCUT2D eigenvalue weighted by molar-refractivity contribution is -0.154. The molecule has 2 bridgehead atoms. The molecule has 3 rings (SSSR count). The topological polar surface area (TPSA) is 56.3 Å². The fourth-order valence-electron chi connectivity index (χ4n) is 3.08. The maximum absolute atomic E-state index is 12.2.